The maximum Gasteiger partial charge on any atom is 0.195 e. The fourth-order valence-electron chi connectivity index (χ4n) is 1.44. The van der Waals surface area contributed by atoms with Crippen molar-refractivity contribution in [2.24, 2.45) is 0 Å². The summed E-state index contributed by atoms with van der Waals surface area (Å²) in [5.41, 5.74) is -0.432. The van der Waals surface area contributed by atoms with Crippen LogP contribution in [-0.2, 0) is 0 Å². The Balaban J connectivity index is 2.65. The predicted octanol–water partition coefficient (Wildman–Crippen LogP) is 4.67. The van der Waals surface area contributed by atoms with E-state index in [9.17, 15) is 17.6 Å². The van der Waals surface area contributed by atoms with Gasteiger partial charge in [0.05, 0.1) is 0 Å². The van der Waals surface area contributed by atoms with E-state index in [1.807, 2.05) is 0 Å². The summed E-state index contributed by atoms with van der Waals surface area (Å²) in [4.78, 5) is 0. The summed E-state index contributed by atoms with van der Waals surface area (Å²) in [7, 11) is 0. The first kappa shape index (κ1) is 12.1. The zero-order valence-corrected chi connectivity index (χ0v) is 9.86. The first-order valence-corrected chi connectivity index (χ1v) is 5.39. The molecule has 2 aromatic rings. The summed E-state index contributed by atoms with van der Waals surface area (Å²) in [5.74, 6) is -5.02. The fraction of sp³-hybridized carbons (Fsp3) is 0. The SMILES string of the molecule is Fc1cc(Br)ccc1-c1ccc(F)c(F)c1F. The summed E-state index contributed by atoms with van der Waals surface area (Å²) in [5, 5.41) is 0. The minimum atomic E-state index is -1.61. The third-order valence-electron chi connectivity index (χ3n) is 2.26. The number of halogens is 5. The molecule has 2 rings (SSSR count). The summed E-state index contributed by atoms with van der Waals surface area (Å²) in [6.45, 7) is 0. The van der Waals surface area contributed by atoms with Crippen molar-refractivity contribution >= 4 is 15.9 Å². The van der Waals surface area contributed by atoms with E-state index in [4.69, 9.17) is 0 Å². The van der Waals surface area contributed by atoms with Crippen LogP contribution in [0.2, 0.25) is 0 Å². The molecule has 0 radical (unpaired) electrons. The van der Waals surface area contributed by atoms with E-state index in [0.717, 1.165) is 18.2 Å². The van der Waals surface area contributed by atoms with Crippen LogP contribution in [0.25, 0.3) is 11.1 Å². The highest BCUT2D eigenvalue weighted by Crippen LogP contribution is 2.29. The average Bonchev–Trinajstić information content (AvgIpc) is 2.28. The van der Waals surface area contributed by atoms with Gasteiger partial charge in [-0.05, 0) is 24.3 Å². The topological polar surface area (TPSA) is 0 Å². The predicted molar refractivity (Wildman–Crippen MR) is 59.4 cm³/mol. The molecule has 0 unspecified atom stereocenters. The van der Waals surface area contributed by atoms with Crippen molar-refractivity contribution in [2.75, 3.05) is 0 Å². The molecule has 0 amide bonds. The Hall–Kier alpha value is -1.36. The van der Waals surface area contributed by atoms with Crippen molar-refractivity contribution in [1.82, 2.24) is 0 Å². The Bertz CT molecular complexity index is 581. The molecule has 0 heterocycles. The van der Waals surface area contributed by atoms with Gasteiger partial charge in [0.1, 0.15) is 5.82 Å². The molecule has 0 nitrogen and oxygen atoms in total. The maximum absolute atomic E-state index is 13.5. The van der Waals surface area contributed by atoms with E-state index in [1.165, 1.54) is 12.1 Å². The first-order chi connectivity index (χ1) is 8.00. The van der Waals surface area contributed by atoms with Crippen LogP contribution in [0.3, 0.4) is 0 Å². The summed E-state index contributed by atoms with van der Waals surface area (Å²) >= 11 is 3.05. The van der Waals surface area contributed by atoms with Crippen LogP contribution in [0, 0.1) is 23.3 Å². The molecule has 88 valence electrons. The molecule has 0 aliphatic rings. The molecule has 0 atom stereocenters. The van der Waals surface area contributed by atoms with Gasteiger partial charge in [-0.15, -0.1) is 0 Å². The van der Waals surface area contributed by atoms with E-state index in [-0.39, 0.29) is 11.1 Å². The van der Waals surface area contributed by atoms with Gasteiger partial charge in [-0.2, -0.15) is 0 Å². The van der Waals surface area contributed by atoms with Gasteiger partial charge in [0.2, 0.25) is 0 Å². The second kappa shape index (κ2) is 4.49. The second-order valence-electron chi connectivity index (χ2n) is 3.35. The van der Waals surface area contributed by atoms with Crippen LogP contribution >= 0.6 is 15.9 Å². The normalized spacial score (nSPS) is 10.6. The maximum atomic E-state index is 13.5. The van der Waals surface area contributed by atoms with Crippen molar-refractivity contribution < 1.29 is 17.6 Å². The molecule has 0 saturated carbocycles. The number of rotatable bonds is 1. The highest BCUT2D eigenvalue weighted by Gasteiger charge is 2.17. The molecule has 0 fully saturated rings. The Morgan fingerprint density at radius 3 is 2.00 bits per heavy atom. The Kier molecular flexibility index (Phi) is 3.19. The first-order valence-electron chi connectivity index (χ1n) is 4.59. The largest absolute Gasteiger partial charge is 0.206 e. The zero-order valence-electron chi connectivity index (χ0n) is 8.28. The summed E-state index contributed by atoms with van der Waals surface area (Å²) in [6.07, 6.45) is 0. The second-order valence-corrected chi connectivity index (χ2v) is 4.26. The van der Waals surface area contributed by atoms with Crippen molar-refractivity contribution in [3.63, 3.8) is 0 Å². The lowest BCUT2D eigenvalue weighted by Gasteiger charge is -2.06. The van der Waals surface area contributed by atoms with Gasteiger partial charge in [-0.3, -0.25) is 0 Å². The molecule has 5 heteroatoms. The van der Waals surface area contributed by atoms with Gasteiger partial charge in [0.15, 0.2) is 17.5 Å². The Morgan fingerprint density at radius 1 is 0.706 bits per heavy atom. The third kappa shape index (κ3) is 2.20. The minimum Gasteiger partial charge on any atom is -0.206 e. The molecular weight excluding hydrogens is 300 g/mol. The van der Waals surface area contributed by atoms with E-state index in [0.29, 0.717) is 4.47 Å². The molecular formula is C12H5BrF4. The lowest BCUT2D eigenvalue weighted by Crippen LogP contribution is -1.95. The Morgan fingerprint density at radius 2 is 1.35 bits per heavy atom. The van der Waals surface area contributed by atoms with Crippen LogP contribution in [0.15, 0.2) is 34.8 Å². The molecule has 0 aromatic heterocycles. The van der Waals surface area contributed by atoms with Crippen molar-refractivity contribution in [3.05, 3.63) is 58.1 Å². The molecule has 17 heavy (non-hydrogen) atoms. The molecule has 0 N–H and O–H groups in total. The molecule has 0 saturated heterocycles. The molecule has 0 aliphatic carbocycles. The molecule has 0 bridgehead atoms. The number of hydrogen-bond acceptors (Lipinski definition) is 0. The van der Waals surface area contributed by atoms with Crippen LogP contribution in [0.1, 0.15) is 0 Å². The lowest BCUT2D eigenvalue weighted by molar-refractivity contribution is 0.448. The van der Waals surface area contributed by atoms with E-state index in [1.54, 1.807) is 0 Å². The van der Waals surface area contributed by atoms with E-state index in [2.05, 4.69) is 15.9 Å². The van der Waals surface area contributed by atoms with Crippen LogP contribution in [-0.4, -0.2) is 0 Å². The van der Waals surface area contributed by atoms with Gasteiger partial charge in [0, 0.05) is 15.6 Å². The fourth-order valence-corrected chi connectivity index (χ4v) is 1.77. The van der Waals surface area contributed by atoms with E-state index >= 15 is 0 Å². The van der Waals surface area contributed by atoms with Crippen molar-refractivity contribution in [3.8, 4) is 11.1 Å². The monoisotopic (exact) mass is 304 g/mol. The van der Waals surface area contributed by atoms with Crippen molar-refractivity contribution in [2.45, 2.75) is 0 Å². The van der Waals surface area contributed by atoms with Gasteiger partial charge >= 0.3 is 0 Å². The smallest absolute Gasteiger partial charge is 0.195 e. The summed E-state index contributed by atoms with van der Waals surface area (Å²) < 4.78 is 53.2. The molecule has 0 aliphatic heterocycles. The standard InChI is InChI=1S/C12H5BrF4/c13-6-1-2-7(10(15)5-6)8-3-4-9(14)12(17)11(8)16/h1-5H. The van der Waals surface area contributed by atoms with Crippen molar-refractivity contribution in [1.29, 1.82) is 0 Å². The van der Waals surface area contributed by atoms with Gasteiger partial charge in [0.25, 0.3) is 0 Å². The zero-order chi connectivity index (χ0) is 12.6. The summed E-state index contributed by atoms with van der Waals surface area (Å²) in [6, 6.07) is 5.65. The highest BCUT2D eigenvalue weighted by atomic mass is 79.9. The lowest BCUT2D eigenvalue weighted by atomic mass is 10.0. The van der Waals surface area contributed by atoms with Gasteiger partial charge < -0.3 is 0 Å². The number of benzene rings is 2. The third-order valence-corrected chi connectivity index (χ3v) is 2.75. The van der Waals surface area contributed by atoms with Crippen LogP contribution in [0.4, 0.5) is 17.6 Å². The molecule has 2 aromatic carbocycles. The Labute approximate surface area is 103 Å². The van der Waals surface area contributed by atoms with Crippen LogP contribution in [0.5, 0.6) is 0 Å². The van der Waals surface area contributed by atoms with Gasteiger partial charge in [-0.1, -0.05) is 22.0 Å². The van der Waals surface area contributed by atoms with E-state index < -0.39 is 23.3 Å². The van der Waals surface area contributed by atoms with Gasteiger partial charge in [-0.25, -0.2) is 17.6 Å². The number of hydrogen-bond donors (Lipinski definition) is 0. The highest BCUT2D eigenvalue weighted by molar-refractivity contribution is 9.10. The average molecular weight is 305 g/mol. The van der Waals surface area contributed by atoms with Crippen LogP contribution < -0.4 is 0 Å². The molecule has 0 spiro atoms. The quantitative estimate of drug-likeness (QED) is 0.530. The minimum absolute atomic E-state index is 0.121.